The Morgan fingerprint density at radius 3 is 2.80 bits per heavy atom. The van der Waals surface area contributed by atoms with Gasteiger partial charge in [-0.2, -0.15) is 0 Å². The van der Waals surface area contributed by atoms with Crippen molar-refractivity contribution in [3.05, 3.63) is 68.7 Å². The molecule has 0 bridgehead atoms. The van der Waals surface area contributed by atoms with Gasteiger partial charge in [-0.3, -0.25) is 0 Å². The standard InChI is InChI=1S/C17H16BrClO/c18-14-8-7-13(16(19)10-14)11-17(20)9-3-5-12-4-1-2-6-15(12)17/h1-2,4,6-8,10,20H,3,5,9,11H2. The van der Waals surface area contributed by atoms with Gasteiger partial charge in [0.15, 0.2) is 0 Å². The summed E-state index contributed by atoms with van der Waals surface area (Å²) in [7, 11) is 0. The van der Waals surface area contributed by atoms with Crippen LogP contribution in [0.15, 0.2) is 46.9 Å². The zero-order valence-corrected chi connectivity index (χ0v) is 13.4. The molecule has 3 rings (SSSR count). The summed E-state index contributed by atoms with van der Waals surface area (Å²) in [5.74, 6) is 0. The average Bonchev–Trinajstić information content (AvgIpc) is 2.43. The van der Waals surface area contributed by atoms with E-state index in [2.05, 4.69) is 22.0 Å². The molecule has 1 atom stereocenters. The quantitative estimate of drug-likeness (QED) is 0.818. The second-order valence-corrected chi connectivity index (χ2v) is 6.78. The molecule has 0 saturated carbocycles. The Kier molecular flexibility index (Phi) is 3.89. The number of hydrogen-bond acceptors (Lipinski definition) is 1. The summed E-state index contributed by atoms with van der Waals surface area (Å²) in [5.41, 5.74) is 2.51. The summed E-state index contributed by atoms with van der Waals surface area (Å²) in [5, 5.41) is 11.8. The van der Waals surface area contributed by atoms with Gasteiger partial charge in [-0.1, -0.05) is 57.9 Å². The number of benzene rings is 2. The van der Waals surface area contributed by atoms with Crippen molar-refractivity contribution >= 4 is 27.5 Å². The van der Waals surface area contributed by atoms with E-state index in [1.54, 1.807) is 0 Å². The molecule has 1 aliphatic carbocycles. The first-order valence-electron chi connectivity index (χ1n) is 6.83. The Labute approximate surface area is 132 Å². The summed E-state index contributed by atoms with van der Waals surface area (Å²) in [6.45, 7) is 0. The van der Waals surface area contributed by atoms with E-state index in [-0.39, 0.29) is 0 Å². The highest BCUT2D eigenvalue weighted by Crippen LogP contribution is 2.39. The number of hydrogen-bond donors (Lipinski definition) is 1. The molecule has 3 heteroatoms. The zero-order chi connectivity index (χ0) is 14.2. The molecular weight excluding hydrogens is 336 g/mol. The maximum absolute atomic E-state index is 11.1. The second kappa shape index (κ2) is 5.51. The van der Waals surface area contributed by atoms with Crippen LogP contribution in [-0.2, 0) is 18.4 Å². The predicted molar refractivity (Wildman–Crippen MR) is 86.1 cm³/mol. The maximum Gasteiger partial charge on any atom is 0.0940 e. The molecule has 0 heterocycles. The van der Waals surface area contributed by atoms with Crippen molar-refractivity contribution in [3.8, 4) is 0 Å². The minimum absolute atomic E-state index is 0.566. The Hall–Kier alpha value is -0.830. The third-order valence-electron chi connectivity index (χ3n) is 4.05. The Bertz CT molecular complexity index is 641. The highest BCUT2D eigenvalue weighted by molar-refractivity contribution is 9.10. The first kappa shape index (κ1) is 14.1. The normalized spacial score (nSPS) is 21.6. The zero-order valence-electron chi connectivity index (χ0n) is 11.1. The molecule has 0 radical (unpaired) electrons. The lowest BCUT2D eigenvalue weighted by atomic mass is 9.76. The van der Waals surface area contributed by atoms with Crippen LogP contribution in [0.3, 0.4) is 0 Å². The van der Waals surface area contributed by atoms with Gasteiger partial charge in [-0.25, -0.2) is 0 Å². The van der Waals surface area contributed by atoms with Crippen LogP contribution in [0, 0.1) is 0 Å². The van der Waals surface area contributed by atoms with E-state index in [1.165, 1.54) is 5.56 Å². The average molecular weight is 352 g/mol. The van der Waals surface area contributed by atoms with Crippen LogP contribution >= 0.6 is 27.5 Å². The number of aliphatic hydroxyl groups is 1. The van der Waals surface area contributed by atoms with Crippen LogP contribution in [0.2, 0.25) is 5.02 Å². The van der Waals surface area contributed by atoms with Gasteiger partial charge in [0, 0.05) is 15.9 Å². The molecule has 1 N–H and O–H groups in total. The van der Waals surface area contributed by atoms with Gasteiger partial charge >= 0.3 is 0 Å². The second-order valence-electron chi connectivity index (χ2n) is 5.45. The van der Waals surface area contributed by atoms with Gasteiger partial charge in [0.2, 0.25) is 0 Å². The largest absolute Gasteiger partial charge is 0.385 e. The number of aryl methyl sites for hydroxylation is 1. The van der Waals surface area contributed by atoms with Crippen molar-refractivity contribution in [2.75, 3.05) is 0 Å². The monoisotopic (exact) mass is 350 g/mol. The van der Waals surface area contributed by atoms with E-state index in [0.29, 0.717) is 11.4 Å². The van der Waals surface area contributed by atoms with E-state index in [9.17, 15) is 5.11 Å². The summed E-state index contributed by atoms with van der Waals surface area (Å²) < 4.78 is 0.960. The predicted octanol–water partition coefficient (Wildman–Crippen LogP) is 4.87. The van der Waals surface area contributed by atoms with Crippen LogP contribution in [0.4, 0.5) is 0 Å². The van der Waals surface area contributed by atoms with E-state index in [0.717, 1.165) is 34.9 Å². The Morgan fingerprint density at radius 2 is 2.00 bits per heavy atom. The summed E-state index contributed by atoms with van der Waals surface area (Å²) in [6.07, 6.45) is 3.42. The van der Waals surface area contributed by atoms with E-state index >= 15 is 0 Å². The first-order chi connectivity index (χ1) is 9.58. The highest BCUT2D eigenvalue weighted by atomic mass is 79.9. The van der Waals surface area contributed by atoms with Gasteiger partial charge in [-0.15, -0.1) is 0 Å². The fourth-order valence-electron chi connectivity index (χ4n) is 3.06. The SMILES string of the molecule is OC1(Cc2ccc(Br)cc2Cl)CCCc2ccccc21. The van der Waals surface area contributed by atoms with Gasteiger partial charge in [0.25, 0.3) is 0 Å². The van der Waals surface area contributed by atoms with Crippen molar-refractivity contribution in [2.45, 2.75) is 31.3 Å². The Morgan fingerprint density at radius 1 is 1.20 bits per heavy atom. The smallest absolute Gasteiger partial charge is 0.0940 e. The fraction of sp³-hybridized carbons (Fsp3) is 0.294. The third kappa shape index (κ3) is 2.65. The van der Waals surface area contributed by atoms with Crippen molar-refractivity contribution < 1.29 is 5.11 Å². The number of rotatable bonds is 2. The van der Waals surface area contributed by atoms with Crippen LogP contribution in [-0.4, -0.2) is 5.11 Å². The topological polar surface area (TPSA) is 20.2 Å². The van der Waals surface area contributed by atoms with Crippen molar-refractivity contribution in [1.82, 2.24) is 0 Å². The molecule has 104 valence electrons. The van der Waals surface area contributed by atoms with E-state index in [4.69, 9.17) is 11.6 Å². The molecule has 0 aromatic heterocycles. The highest BCUT2D eigenvalue weighted by Gasteiger charge is 2.34. The van der Waals surface area contributed by atoms with Gasteiger partial charge < -0.3 is 5.11 Å². The lowest BCUT2D eigenvalue weighted by molar-refractivity contribution is 0.0190. The van der Waals surface area contributed by atoms with Gasteiger partial charge in [0.1, 0.15) is 0 Å². The molecule has 0 fully saturated rings. The molecule has 1 aliphatic rings. The Balaban J connectivity index is 1.98. The summed E-state index contributed by atoms with van der Waals surface area (Å²) in [4.78, 5) is 0. The van der Waals surface area contributed by atoms with E-state index in [1.807, 2.05) is 36.4 Å². The minimum atomic E-state index is -0.799. The molecule has 0 spiro atoms. The summed E-state index contributed by atoms with van der Waals surface area (Å²) in [6, 6.07) is 14.0. The molecule has 0 aliphatic heterocycles. The van der Waals surface area contributed by atoms with Crippen LogP contribution in [0.5, 0.6) is 0 Å². The van der Waals surface area contributed by atoms with E-state index < -0.39 is 5.60 Å². The minimum Gasteiger partial charge on any atom is -0.385 e. The molecule has 2 aromatic carbocycles. The van der Waals surface area contributed by atoms with Crippen molar-refractivity contribution in [1.29, 1.82) is 0 Å². The number of halogens is 2. The third-order valence-corrected chi connectivity index (χ3v) is 4.90. The molecule has 2 aromatic rings. The van der Waals surface area contributed by atoms with Crippen LogP contribution in [0.1, 0.15) is 29.5 Å². The van der Waals surface area contributed by atoms with Crippen LogP contribution in [0.25, 0.3) is 0 Å². The molecule has 1 unspecified atom stereocenters. The van der Waals surface area contributed by atoms with Crippen molar-refractivity contribution in [2.24, 2.45) is 0 Å². The lowest BCUT2D eigenvalue weighted by Gasteiger charge is -2.35. The molecule has 0 saturated heterocycles. The van der Waals surface area contributed by atoms with Gasteiger partial charge in [-0.05, 0) is 48.1 Å². The summed E-state index contributed by atoms with van der Waals surface area (Å²) >= 11 is 9.71. The van der Waals surface area contributed by atoms with Crippen molar-refractivity contribution in [3.63, 3.8) is 0 Å². The number of fused-ring (bicyclic) bond motifs is 1. The fourth-order valence-corrected chi connectivity index (χ4v) is 3.80. The molecule has 20 heavy (non-hydrogen) atoms. The van der Waals surface area contributed by atoms with Gasteiger partial charge in [0.05, 0.1) is 5.60 Å². The molecule has 1 nitrogen and oxygen atoms in total. The first-order valence-corrected chi connectivity index (χ1v) is 8.00. The molecule has 0 amide bonds. The molecular formula is C17H16BrClO. The maximum atomic E-state index is 11.1. The van der Waals surface area contributed by atoms with Crippen LogP contribution < -0.4 is 0 Å². The lowest BCUT2D eigenvalue weighted by Crippen LogP contribution is -2.33.